The van der Waals surface area contributed by atoms with Crippen molar-refractivity contribution in [3.63, 3.8) is 0 Å². The maximum Gasteiger partial charge on any atom is 0.225 e. The van der Waals surface area contributed by atoms with Crippen molar-refractivity contribution in [2.24, 2.45) is 0 Å². The van der Waals surface area contributed by atoms with Crippen LogP contribution < -0.4 is 5.32 Å². The highest BCUT2D eigenvalue weighted by molar-refractivity contribution is 7.88. The second-order valence-corrected chi connectivity index (χ2v) is 8.66. The molecule has 0 unspecified atom stereocenters. The number of nitrogens with zero attached hydrogens (tertiary/aromatic N) is 2. The van der Waals surface area contributed by atoms with Crippen molar-refractivity contribution in [1.29, 1.82) is 0 Å². The van der Waals surface area contributed by atoms with Gasteiger partial charge in [-0.1, -0.05) is 18.2 Å². The number of rotatable bonds is 8. The molecule has 1 amide bonds. The van der Waals surface area contributed by atoms with Gasteiger partial charge in [0.25, 0.3) is 0 Å². The molecule has 1 fully saturated rings. The van der Waals surface area contributed by atoms with Gasteiger partial charge in [-0.05, 0) is 25.0 Å². The van der Waals surface area contributed by atoms with Crippen molar-refractivity contribution in [1.82, 2.24) is 9.21 Å². The van der Waals surface area contributed by atoms with Crippen LogP contribution in [0.1, 0.15) is 17.5 Å². The van der Waals surface area contributed by atoms with Gasteiger partial charge in [0.2, 0.25) is 15.9 Å². The number of aryl methyl sites for hydroxylation is 2. The maximum absolute atomic E-state index is 12.3. The summed E-state index contributed by atoms with van der Waals surface area (Å²) >= 11 is 0. The number of carbonyl (C=O) groups is 1. The van der Waals surface area contributed by atoms with Crippen molar-refractivity contribution in [2.75, 3.05) is 57.5 Å². The van der Waals surface area contributed by atoms with E-state index in [-0.39, 0.29) is 18.9 Å². The van der Waals surface area contributed by atoms with E-state index >= 15 is 0 Å². The lowest BCUT2D eigenvalue weighted by molar-refractivity contribution is -0.116. The highest BCUT2D eigenvalue weighted by atomic mass is 32.2. The first kappa shape index (κ1) is 20.8. The molecular formula is C18H29N3O4S. The summed E-state index contributed by atoms with van der Waals surface area (Å²) in [5.41, 5.74) is 2.79. The fraction of sp³-hybridized carbons (Fsp3) is 0.611. The van der Waals surface area contributed by atoms with Gasteiger partial charge in [0.15, 0.2) is 0 Å². The number of carbonyl (C=O) groups excluding carboxylic acids is 1. The Balaban J connectivity index is 1.88. The summed E-state index contributed by atoms with van der Waals surface area (Å²) in [6.45, 7) is 8.06. The Kier molecular flexibility index (Phi) is 7.57. The molecule has 1 saturated heterocycles. The smallest absolute Gasteiger partial charge is 0.225 e. The summed E-state index contributed by atoms with van der Waals surface area (Å²) in [6.07, 6.45) is 1.32. The number of benzene rings is 1. The molecule has 146 valence electrons. The Morgan fingerprint density at radius 1 is 1.19 bits per heavy atom. The molecule has 7 nitrogen and oxygen atoms in total. The third-order valence-corrected chi connectivity index (χ3v) is 5.88. The first-order chi connectivity index (χ1) is 12.3. The predicted molar refractivity (Wildman–Crippen MR) is 103 cm³/mol. The van der Waals surface area contributed by atoms with Gasteiger partial charge >= 0.3 is 0 Å². The lowest BCUT2D eigenvalue weighted by Gasteiger charge is -2.29. The molecule has 1 heterocycles. The first-order valence-corrected chi connectivity index (χ1v) is 10.7. The normalized spacial score (nSPS) is 16.0. The Hall–Kier alpha value is -1.48. The predicted octanol–water partition coefficient (Wildman–Crippen LogP) is 1.23. The summed E-state index contributed by atoms with van der Waals surface area (Å²) in [6, 6.07) is 5.82. The number of sulfonamides is 1. The molecule has 0 aliphatic carbocycles. The SMILES string of the molecule is Cc1cccc(C)c1NC(=O)CCN(CCN1CCOCC1)S(C)(=O)=O. The molecule has 0 spiro atoms. The number of morpholine rings is 1. The molecule has 1 N–H and O–H groups in total. The minimum Gasteiger partial charge on any atom is -0.379 e. The molecule has 26 heavy (non-hydrogen) atoms. The molecule has 1 aliphatic rings. The fourth-order valence-electron chi connectivity index (χ4n) is 2.96. The molecule has 0 aromatic heterocycles. The van der Waals surface area contributed by atoms with Crippen LogP contribution in [0.2, 0.25) is 0 Å². The van der Waals surface area contributed by atoms with Crippen molar-refractivity contribution in [3.05, 3.63) is 29.3 Å². The number of ether oxygens (including phenoxy) is 1. The minimum atomic E-state index is -3.36. The molecule has 2 rings (SSSR count). The highest BCUT2D eigenvalue weighted by Crippen LogP contribution is 2.19. The van der Waals surface area contributed by atoms with Crippen LogP contribution in [0.4, 0.5) is 5.69 Å². The van der Waals surface area contributed by atoms with Gasteiger partial charge in [-0.2, -0.15) is 0 Å². The van der Waals surface area contributed by atoms with Crippen molar-refractivity contribution < 1.29 is 17.9 Å². The van der Waals surface area contributed by atoms with E-state index in [4.69, 9.17) is 4.74 Å². The average Bonchev–Trinajstić information content (AvgIpc) is 2.58. The van der Waals surface area contributed by atoms with Gasteiger partial charge in [-0.25, -0.2) is 12.7 Å². The molecule has 1 aliphatic heterocycles. The van der Waals surface area contributed by atoms with Crippen LogP contribution in [-0.4, -0.2) is 75.7 Å². The quantitative estimate of drug-likeness (QED) is 0.730. The molecular weight excluding hydrogens is 354 g/mol. The number of anilines is 1. The summed E-state index contributed by atoms with van der Waals surface area (Å²) in [4.78, 5) is 14.5. The monoisotopic (exact) mass is 383 g/mol. The van der Waals surface area contributed by atoms with Gasteiger partial charge in [0.05, 0.1) is 19.5 Å². The van der Waals surface area contributed by atoms with Gasteiger partial charge < -0.3 is 10.1 Å². The van der Waals surface area contributed by atoms with Crippen LogP contribution in [0.25, 0.3) is 0 Å². The third-order valence-electron chi connectivity index (χ3n) is 4.57. The van der Waals surface area contributed by atoms with Gasteiger partial charge in [-0.15, -0.1) is 0 Å². The number of nitrogens with one attached hydrogen (secondary N) is 1. The van der Waals surface area contributed by atoms with E-state index in [2.05, 4.69) is 10.2 Å². The van der Waals surface area contributed by atoms with E-state index in [9.17, 15) is 13.2 Å². The third kappa shape index (κ3) is 6.35. The number of amides is 1. The molecule has 1 aromatic rings. The number of para-hydroxylation sites is 1. The van der Waals surface area contributed by atoms with E-state index in [1.54, 1.807) is 0 Å². The molecule has 0 atom stereocenters. The average molecular weight is 384 g/mol. The number of hydrogen-bond donors (Lipinski definition) is 1. The first-order valence-electron chi connectivity index (χ1n) is 8.88. The van der Waals surface area contributed by atoms with Gasteiger partial charge in [0, 0.05) is 44.8 Å². The second kappa shape index (κ2) is 9.45. The lowest BCUT2D eigenvalue weighted by Crippen LogP contribution is -2.43. The number of hydrogen-bond acceptors (Lipinski definition) is 5. The van der Waals surface area contributed by atoms with E-state index in [1.807, 2.05) is 32.0 Å². The largest absolute Gasteiger partial charge is 0.379 e. The summed E-state index contributed by atoms with van der Waals surface area (Å²) in [5, 5.41) is 2.90. The Labute approximate surface area is 156 Å². The summed E-state index contributed by atoms with van der Waals surface area (Å²) in [5.74, 6) is -0.178. The van der Waals surface area contributed by atoms with Crippen molar-refractivity contribution >= 4 is 21.6 Å². The highest BCUT2D eigenvalue weighted by Gasteiger charge is 2.20. The van der Waals surface area contributed by atoms with E-state index in [0.29, 0.717) is 26.3 Å². The van der Waals surface area contributed by atoms with Crippen LogP contribution in [0.3, 0.4) is 0 Å². The molecule has 1 aromatic carbocycles. The van der Waals surface area contributed by atoms with Crippen molar-refractivity contribution in [3.8, 4) is 0 Å². The topological polar surface area (TPSA) is 79.0 Å². The van der Waals surface area contributed by atoms with Gasteiger partial charge in [-0.3, -0.25) is 9.69 Å². The summed E-state index contributed by atoms with van der Waals surface area (Å²) < 4.78 is 30.8. The zero-order chi connectivity index (χ0) is 19.2. The molecule has 0 bridgehead atoms. The Morgan fingerprint density at radius 2 is 1.81 bits per heavy atom. The summed E-state index contributed by atoms with van der Waals surface area (Å²) in [7, 11) is -3.36. The molecule has 8 heteroatoms. The van der Waals surface area contributed by atoms with Crippen LogP contribution in [-0.2, 0) is 19.6 Å². The van der Waals surface area contributed by atoms with Crippen molar-refractivity contribution in [2.45, 2.75) is 20.3 Å². The Morgan fingerprint density at radius 3 is 2.38 bits per heavy atom. The van der Waals surface area contributed by atoms with E-state index in [1.165, 1.54) is 10.6 Å². The molecule has 0 saturated carbocycles. The van der Waals surface area contributed by atoms with E-state index < -0.39 is 10.0 Å². The Bertz CT molecular complexity index is 695. The second-order valence-electron chi connectivity index (χ2n) is 6.68. The standard InChI is InChI=1S/C18H29N3O4S/c1-15-5-4-6-16(2)18(15)19-17(22)7-8-21(26(3,23)24)10-9-20-11-13-25-14-12-20/h4-6H,7-14H2,1-3H3,(H,19,22). The van der Waals surface area contributed by atoms with Crippen LogP contribution in [0.15, 0.2) is 18.2 Å². The fourth-order valence-corrected chi connectivity index (χ4v) is 3.80. The zero-order valence-electron chi connectivity index (χ0n) is 15.8. The minimum absolute atomic E-state index is 0.129. The zero-order valence-corrected chi connectivity index (χ0v) is 16.6. The lowest BCUT2D eigenvalue weighted by atomic mass is 10.1. The van der Waals surface area contributed by atoms with Crippen LogP contribution in [0, 0.1) is 13.8 Å². The van der Waals surface area contributed by atoms with E-state index in [0.717, 1.165) is 29.9 Å². The maximum atomic E-state index is 12.3. The van der Waals surface area contributed by atoms with Crippen LogP contribution >= 0.6 is 0 Å². The van der Waals surface area contributed by atoms with Crippen LogP contribution in [0.5, 0.6) is 0 Å². The molecule has 0 radical (unpaired) electrons. The van der Waals surface area contributed by atoms with Gasteiger partial charge in [0.1, 0.15) is 0 Å².